The Balaban J connectivity index is 1.98. The van der Waals surface area contributed by atoms with E-state index in [9.17, 15) is 18.9 Å². The lowest BCUT2D eigenvalue weighted by Crippen LogP contribution is -2.49. The molecule has 0 aromatic rings. The first-order valence-corrected chi connectivity index (χ1v) is 8.09. The highest BCUT2D eigenvalue weighted by molar-refractivity contribution is 7.85. The van der Waals surface area contributed by atoms with Gasteiger partial charge in [-0.25, -0.2) is 4.79 Å². The molecule has 19 heavy (non-hydrogen) atoms. The molecular formula is C12H20N2O4S. The van der Waals surface area contributed by atoms with Gasteiger partial charge in [-0.3, -0.25) is 9.00 Å². The van der Waals surface area contributed by atoms with Gasteiger partial charge in [-0.2, -0.15) is 0 Å². The average Bonchev–Trinajstić information content (AvgIpc) is 2.84. The Morgan fingerprint density at radius 1 is 1.21 bits per heavy atom. The van der Waals surface area contributed by atoms with E-state index < -0.39 is 22.2 Å². The normalized spacial score (nSPS) is 28.7. The second-order valence-corrected chi connectivity index (χ2v) is 6.92. The number of carboxylic acid groups (broad SMARTS) is 1. The summed E-state index contributed by atoms with van der Waals surface area (Å²) in [4.78, 5) is 27.0. The van der Waals surface area contributed by atoms with Gasteiger partial charge in [0.1, 0.15) is 0 Å². The molecule has 1 unspecified atom stereocenters. The number of amides is 2. The minimum Gasteiger partial charge on any atom is -0.481 e. The van der Waals surface area contributed by atoms with Crippen LogP contribution in [0.2, 0.25) is 0 Å². The predicted molar refractivity (Wildman–Crippen MR) is 71.4 cm³/mol. The van der Waals surface area contributed by atoms with Gasteiger partial charge in [0.2, 0.25) is 0 Å². The van der Waals surface area contributed by atoms with E-state index in [1.165, 1.54) is 0 Å². The van der Waals surface area contributed by atoms with Crippen molar-refractivity contribution in [2.45, 2.75) is 19.8 Å². The van der Waals surface area contributed by atoms with Crippen molar-refractivity contribution in [3.8, 4) is 0 Å². The largest absolute Gasteiger partial charge is 0.481 e. The number of rotatable bonds is 2. The highest BCUT2D eigenvalue weighted by Gasteiger charge is 2.45. The van der Waals surface area contributed by atoms with Crippen LogP contribution in [0.3, 0.4) is 0 Å². The van der Waals surface area contributed by atoms with Crippen LogP contribution in [-0.4, -0.2) is 68.8 Å². The summed E-state index contributed by atoms with van der Waals surface area (Å²) in [7, 11) is -0.810. The first kappa shape index (κ1) is 14.3. The quantitative estimate of drug-likeness (QED) is 0.795. The number of hydrogen-bond acceptors (Lipinski definition) is 3. The van der Waals surface area contributed by atoms with Gasteiger partial charge >= 0.3 is 12.0 Å². The number of carboxylic acids is 1. The van der Waals surface area contributed by atoms with E-state index >= 15 is 0 Å². The van der Waals surface area contributed by atoms with Gasteiger partial charge < -0.3 is 14.9 Å². The van der Waals surface area contributed by atoms with Gasteiger partial charge in [0.05, 0.1) is 5.41 Å². The summed E-state index contributed by atoms with van der Waals surface area (Å²) in [6.07, 6.45) is 1.06. The number of likely N-dealkylation sites (tertiary alicyclic amines) is 1. The van der Waals surface area contributed by atoms with Gasteiger partial charge in [-0.1, -0.05) is 6.92 Å². The number of aliphatic carboxylic acids is 1. The molecule has 2 aliphatic rings. The Hall–Kier alpha value is -1.11. The number of carbonyl (C=O) groups is 2. The SMILES string of the molecule is CCC1(C(=O)O)CCN(C(=O)N2CCS(=O)CC2)C1. The second kappa shape index (κ2) is 5.48. The lowest BCUT2D eigenvalue weighted by atomic mass is 9.84. The summed E-state index contributed by atoms with van der Waals surface area (Å²) < 4.78 is 11.3. The van der Waals surface area contributed by atoms with E-state index in [1.807, 2.05) is 6.92 Å². The molecule has 0 radical (unpaired) electrons. The molecule has 0 bridgehead atoms. The van der Waals surface area contributed by atoms with Gasteiger partial charge in [-0.15, -0.1) is 0 Å². The number of hydrogen-bond donors (Lipinski definition) is 1. The fraction of sp³-hybridized carbons (Fsp3) is 0.833. The van der Waals surface area contributed by atoms with Crippen molar-refractivity contribution in [3.63, 3.8) is 0 Å². The van der Waals surface area contributed by atoms with Crippen molar-refractivity contribution in [2.24, 2.45) is 5.41 Å². The first-order valence-electron chi connectivity index (χ1n) is 6.61. The van der Waals surface area contributed by atoms with Crippen molar-refractivity contribution in [2.75, 3.05) is 37.7 Å². The maximum atomic E-state index is 12.3. The Kier molecular flexibility index (Phi) is 4.13. The molecule has 2 amide bonds. The smallest absolute Gasteiger partial charge is 0.320 e. The molecular weight excluding hydrogens is 268 g/mol. The number of nitrogens with zero attached hydrogens (tertiary/aromatic N) is 2. The van der Waals surface area contributed by atoms with Crippen LogP contribution >= 0.6 is 0 Å². The molecule has 6 nitrogen and oxygen atoms in total. The molecule has 7 heteroatoms. The molecule has 0 aliphatic carbocycles. The molecule has 1 N–H and O–H groups in total. The molecule has 0 aromatic heterocycles. The van der Waals surface area contributed by atoms with Crippen LogP contribution in [0, 0.1) is 5.41 Å². The lowest BCUT2D eigenvalue weighted by molar-refractivity contribution is -0.148. The monoisotopic (exact) mass is 288 g/mol. The van der Waals surface area contributed by atoms with Crippen LogP contribution in [0.15, 0.2) is 0 Å². The average molecular weight is 288 g/mol. The summed E-state index contributed by atoms with van der Waals surface area (Å²) in [6.45, 7) is 3.66. The summed E-state index contributed by atoms with van der Waals surface area (Å²) in [5.41, 5.74) is -0.783. The molecule has 2 fully saturated rings. The molecule has 2 heterocycles. The van der Waals surface area contributed by atoms with Gasteiger partial charge in [-0.05, 0) is 12.8 Å². The maximum Gasteiger partial charge on any atom is 0.320 e. The van der Waals surface area contributed by atoms with Crippen LogP contribution in [0.25, 0.3) is 0 Å². The van der Waals surface area contributed by atoms with Gasteiger partial charge in [0.15, 0.2) is 0 Å². The number of carbonyl (C=O) groups excluding carboxylic acids is 1. The van der Waals surface area contributed by atoms with E-state index in [0.717, 1.165) is 0 Å². The topological polar surface area (TPSA) is 77.9 Å². The lowest BCUT2D eigenvalue weighted by Gasteiger charge is -2.31. The third-order valence-corrected chi connectivity index (χ3v) is 5.48. The van der Waals surface area contributed by atoms with E-state index in [2.05, 4.69) is 0 Å². The molecule has 1 atom stereocenters. The highest BCUT2D eigenvalue weighted by Crippen LogP contribution is 2.34. The Bertz CT molecular complexity index is 405. The molecule has 2 rings (SSSR count). The standard InChI is InChI=1S/C12H20N2O4S/c1-2-12(10(15)16)3-4-14(9-12)11(17)13-5-7-19(18)8-6-13/h2-9H2,1H3,(H,15,16). The van der Waals surface area contributed by atoms with Gasteiger partial charge in [0.25, 0.3) is 0 Å². The van der Waals surface area contributed by atoms with Crippen molar-refractivity contribution in [3.05, 3.63) is 0 Å². The predicted octanol–water partition coefficient (Wildman–Crippen LogP) is 0.357. The zero-order valence-corrected chi connectivity index (χ0v) is 11.9. The van der Waals surface area contributed by atoms with Crippen LogP contribution in [0.5, 0.6) is 0 Å². The Morgan fingerprint density at radius 3 is 2.32 bits per heavy atom. The van der Waals surface area contributed by atoms with Crippen molar-refractivity contribution in [1.82, 2.24) is 9.80 Å². The number of urea groups is 1. The molecule has 108 valence electrons. The molecule has 2 saturated heterocycles. The fourth-order valence-electron chi connectivity index (χ4n) is 2.68. The summed E-state index contributed by atoms with van der Waals surface area (Å²) in [5.74, 6) is 0.236. The fourth-order valence-corrected chi connectivity index (χ4v) is 3.73. The Labute approximate surface area is 115 Å². The highest BCUT2D eigenvalue weighted by atomic mass is 32.2. The minimum atomic E-state index is -0.815. The van der Waals surface area contributed by atoms with Crippen LogP contribution in [0.4, 0.5) is 4.79 Å². The van der Waals surface area contributed by atoms with E-state index in [-0.39, 0.29) is 12.6 Å². The van der Waals surface area contributed by atoms with E-state index in [1.54, 1.807) is 9.80 Å². The van der Waals surface area contributed by atoms with Crippen LogP contribution in [-0.2, 0) is 15.6 Å². The molecule has 0 spiro atoms. The van der Waals surface area contributed by atoms with Crippen molar-refractivity contribution >= 4 is 22.8 Å². The van der Waals surface area contributed by atoms with E-state index in [0.29, 0.717) is 44.0 Å². The summed E-state index contributed by atoms with van der Waals surface area (Å²) >= 11 is 0. The molecule has 2 aliphatic heterocycles. The first-order chi connectivity index (χ1) is 8.98. The van der Waals surface area contributed by atoms with Crippen LogP contribution in [0.1, 0.15) is 19.8 Å². The van der Waals surface area contributed by atoms with Gasteiger partial charge in [0, 0.05) is 48.5 Å². The zero-order chi connectivity index (χ0) is 14.0. The van der Waals surface area contributed by atoms with Crippen molar-refractivity contribution < 1.29 is 18.9 Å². The summed E-state index contributed by atoms with van der Waals surface area (Å²) in [6, 6.07) is -0.103. The summed E-state index contributed by atoms with van der Waals surface area (Å²) in [5, 5.41) is 9.32. The minimum absolute atomic E-state index is 0.103. The zero-order valence-electron chi connectivity index (χ0n) is 11.1. The van der Waals surface area contributed by atoms with E-state index in [4.69, 9.17) is 0 Å². The van der Waals surface area contributed by atoms with Crippen molar-refractivity contribution in [1.29, 1.82) is 0 Å². The third kappa shape index (κ3) is 2.75. The molecule has 0 aromatic carbocycles. The van der Waals surface area contributed by atoms with Crippen LogP contribution < -0.4 is 0 Å². The molecule has 0 saturated carbocycles. The second-order valence-electron chi connectivity index (χ2n) is 5.23. The maximum absolute atomic E-state index is 12.3. The third-order valence-electron chi connectivity index (χ3n) is 4.20. The Morgan fingerprint density at radius 2 is 1.84 bits per heavy atom.